The molecular weight excluding hydrogens is 798 g/mol. The van der Waals surface area contributed by atoms with Gasteiger partial charge in [-0.1, -0.05) is 0 Å². The molecule has 284 valence electrons. The first-order valence-electron chi connectivity index (χ1n) is 9.54. The third kappa shape index (κ3) is 5.08. The van der Waals surface area contributed by atoms with Gasteiger partial charge in [-0.15, -0.1) is 0 Å². The summed E-state index contributed by atoms with van der Waals surface area (Å²) in [5.74, 6) is -116. The summed E-state index contributed by atoms with van der Waals surface area (Å²) < 4.78 is 394. The second kappa shape index (κ2) is 10.6. The second-order valence-corrected chi connectivity index (χ2v) is 10.1. The van der Waals surface area contributed by atoms with Gasteiger partial charge in [-0.05, 0) is 0 Å². The van der Waals surface area contributed by atoms with Crippen molar-refractivity contribution in [3.63, 3.8) is 0 Å². The largest absolute Gasteiger partial charge is 0.460 e. The maximum Gasteiger partial charge on any atom is 0.460 e. The summed E-state index contributed by atoms with van der Waals surface area (Å²) in [7, 11) is -8.44. The zero-order valence-corrected chi connectivity index (χ0v) is 20.6. The number of hydrogen-bond donors (Lipinski definition) is 2. The van der Waals surface area contributed by atoms with E-state index in [2.05, 4.69) is 0 Å². The fourth-order valence-corrected chi connectivity index (χ4v) is 3.03. The van der Waals surface area contributed by atoms with E-state index >= 15 is 0 Å². The molecule has 0 aliphatic rings. The molecule has 47 heavy (non-hydrogen) atoms. The first kappa shape index (κ1) is 45.1. The molecule has 0 aliphatic heterocycles. The van der Waals surface area contributed by atoms with Crippen LogP contribution in [0, 0.1) is 0 Å². The van der Waals surface area contributed by atoms with Crippen LogP contribution in [-0.4, -0.2) is 92.7 Å². The van der Waals surface area contributed by atoms with E-state index in [9.17, 15) is 132 Å². The molecule has 0 radical (unpaired) electrons. The third-order valence-electron chi connectivity index (χ3n) is 5.44. The normalized spacial score (nSPS) is 17.3. The highest BCUT2D eigenvalue weighted by Gasteiger charge is 3.01. The van der Waals surface area contributed by atoms with Gasteiger partial charge in [0.25, 0.3) is 0 Å². The predicted octanol–water partition coefficient (Wildman–Crippen LogP) is 8.94. The molecule has 33 heteroatoms. The van der Waals surface area contributed by atoms with E-state index < -0.39 is 90.5 Å². The van der Waals surface area contributed by atoms with Crippen molar-refractivity contribution in [1.29, 1.82) is 0 Å². The van der Waals surface area contributed by atoms with Gasteiger partial charge in [0, 0.05) is 0 Å². The van der Waals surface area contributed by atoms with Crippen LogP contribution in [0.4, 0.5) is 127 Å². The van der Waals surface area contributed by atoms with Gasteiger partial charge in [0.05, 0.1) is 0 Å². The van der Waals surface area contributed by atoms with Gasteiger partial charge >= 0.3 is 90.5 Å². The highest BCUT2D eigenvalue weighted by atomic mass is 31.2. The van der Waals surface area contributed by atoms with Crippen LogP contribution in [0.15, 0.2) is 0 Å². The molecule has 0 atom stereocenters. The minimum Gasteiger partial charge on any atom is -0.320 e. The summed E-state index contributed by atoms with van der Waals surface area (Å²) in [6.07, 6.45) is -8.33. The van der Waals surface area contributed by atoms with Crippen molar-refractivity contribution >= 4 is 7.60 Å². The van der Waals surface area contributed by atoms with E-state index in [1.165, 1.54) is 0 Å². The van der Waals surface area contributed by atoms with Gasteiger partial charge in [-0.3, -0.25) is 4.57 Å². The van der Waals surface area contributed by atoms with E-state index in [-0.39, 0.29) is 0 Å². The molecule has 0 aromatic heterocycles. The summed E-state index contributed by atoms with van der Waals surface area (Å²) >= 11 is 0. The second-order valence-electron chi connectivity index (χ2n) is 8.48. The smallest absolute Gasteiger partial charge is 0.320 e. The van der Waals surface area contributed by atoms with E-state index in [1.54, 1.807) is 0 Å². The molecule has 0 aliphatic carbocycles. The molecule has 0 aromatic carbocycles. The van der Waals surface area contributed by atoms with Crippen LogP contribution < -0.4 is 0 Å². The average molecular weight is 800 g/mol. The Labute approximate surface area is 233 Å². The van der Waals surface area contributed by atoms with Crippen molar-refractivity contribution in [3.05, 3.63) is 0 Å². The van der Waals surface area contributed by atoms with Crippen molar-refractivity contribution in [1.82, 2.24) is 0 Å². The van der Waals surface area contributed by atoms with Gasteiger partial charge in [0.15, 0.2) is 0 Å². The Kier molecular flexibility index (Phi) is 10.1. The fourth-order valence-electron chi connectivity index (χ4n) is 2.52. The van der Waals surface area contributed by atoms with E-state index in [1.807, 2.05) is 0 Å². The molecule has 3 nitrogen and oxygen atoms in total. The molecule has 2 N–H and O–H groups in total. The number of halogens is 29. The summed E-state index contributed by atoms with van der Waals surface area (Å²) in [6.45, 7) is 0. The van der Waals surface area contributed by atoms with Crippen molar-refractivity contribution in [2.45, 2.75) is 82.9 Å². The molecule has 0 amide bonds. The first-order valence-corrected chi connectivity index (χ1v) is 11.1. The van der Waals surface area contributed by atoms with E-state index in [4.69, 9.17) is 9.79 Å². The van der Waals surface area contributed by atoms with Gasteiger partial charge < -0.3 is 9.79 Å². The maximum absolute atomic E-state index is 13.7. The Hall–Kier alpha value is -1.88. The molecule has 0 aromatic rings. The van der Waals surface area contributed by atoms with Crippen molar-refractivity contribution in [2.75, 3.05) is 0 Å². The molecule has 0 saturated carbocycles. The molecule has 0 bridgehead atoms. The van der Waals surface area contributed by atoms with Crippen LogP contribution in [0.1, 0.15) is 0 Å². The monoisotopic (exact) mass is 800 g/mol. The lowest BCUT2D eigenvalue weighted by Crippen LogP contribution is -2.79. The Bertz CT molecular complexity index is 1220. The maximum atomic E-state index is 13.7. The Morgan fingerprint density at radius 1 is 0.255 bits per heavy atom. The quantitative estimate of drug-likeness (QED) is 0.145. The lowest BCUT2D eigenvalue weighted by atomic mass is 9.84. The lowest BCUT2D eigenvalue weighted by Gasteiger charge is -2.46. The standard InChI is InChI=1S/C14H2F29O3P/c15-1(16,3(19,20)5(23,24)7(27,28)9(31,32)11(35,36)13(39,40)41)2(17,18)4(21,22)6(25,26)8(29,30)10(33,34)12(37,38)14(42,43)47(44,45)46/h(H2,44,45,46). The Morgan fingerprint density at radius 2 is 0.383 bits per heavy atom. The molecule has 0 rings (SSSR count). The SMILES string of the molecule is O=P(O)(O)C(F)(F)C(F)(F)C(F)(F)C(F)(F)C(F)(F)C(F)(F)C(F)(F)C(F)(F)C(F)(F)C(F)(F)C(F)(F)C(F)(F)C(F)(F)C(F)(F)F. The van der Waals surface area contributed by atoms with Crippen LogP contribution in [0.25, 0.3) is 0 Å². The fraction of sp³-hybridized carbons (Fsp3) is 1.00. The van der Waals surface area contributed by atoms with Crippen molar-refractivity contribution < 1.29 is 142 Å². The van der Waals surface area contributed by atoms with Gasteiger partial charge in [-0.2, -0.15) is 127 Å². The number of rotatable bonds is 13. The molecule has 0 saturated heterocycles. The first-order chi connectivity index (χ1) is 19.5. The zero-order chi connectivity index (χ0) is 39.5. The summed E-state index contributed by atoms with van der Waals surface area (Å²) in [5, 5.41) is 0. The lowest BCUT2D eigenvalue weighted by molar-refractivity contribution is -0.486. The van der Waals surface area contributed by atoms with Crippen molar-refractivity contribution in [3.8, 4) is 0 Å². The Morgan fingerprint density at radius 3 is 0.511 bits per heavy atom. The van der Waals surface area contributed by atoms with Crippen LogP contribution >= 0.6 is 7.60 Å². The average Bonchev–Trinajstić information content (AvgIpc) is 2.80. The van der Waals surface area contributed by atoms with Crippen molar-refractivity contribution in [2.24, 2.45) is 0 Å². The van der Waals surface area contributed by atoms with Gasteiger partial charge in [0.1, 0.15) is 0 Å². The number of alkyl halides is 29. The summed E-state index contributed by atoms with van der Waals surface area (Å²) in [5.41, 5.74) is -8.20. The highest BCUT2D eigenvalue weighted by Crippen LogP contribution is 2.71. The molecule has 0 fully saturated rings. The predicted molar refractivity (Wildman–Crippen MR) is 82.4 cm³/mol. The van der Waals surface area contributed by atoms with E-state index in [0.717, 1.165) is 0 Å². The topological polar surface area (TPSA) is 57.5 Å². The van der Waals surface area contributed by atoms with Crippen LogP contribution in [-0.2, 0) is 4.57 Å². The highest BCUT2D eigenvalue weighted by molar-refractivity contribution is 7.53. The van der Waals surface area contributed by atoms with E-state index in [0.29, 0.717) is 0 Å². The summed E-state index contributed by atoms with van der Waals surface area (Å²) in [4.78, 5) is 15.7. The third-order valence-corrected chi connectivity index (χ3v) is 6.45. The van der Waals surface area contributed by atoms with Gasteiger partial charge in [-0.25, -0.2) is 0 Å². The molecule has 0 heterocycles. The molecular formula is C14H2F29O3P. The minimum atomic E-state index is -10.0. The minimum absolute atomic E-state index is 7.86. The molecule has 0 spiro atoms. The summed E-state index contributed by atoms with van der Waals surface area (Å²) in [6, 6.07) is 0. The molecule has 0 unspecified atom stereocenters. The van der Waals surface area contributed by atoms with Crippen LogP contribution in [0.5, 0.6) is 0 Å². The van der Waals surface area contributed by atoms with Crippen LogP contribution in [0.2, 0.25) is 0 Å². The Balaban J connectivity index is 7.63. The van der Waals surface area contributed by atoms with Gasteiger partial charge in [0.2, 0.25) is 0 Å². The van der Waals surface area contributed by atoms with Crippen LogP contribution in [0.3, 0.4) is 0 Å². The zero-order valence-electron chi connectivity index (χ0n) is 19.7. The number of hydrogen-bond acceptors (Lipinski definition) is 1.